The summed E-state index contributed by atoms with van der Waals surface area (Å²) >= 11 is 0. The van der Waals surface area contributed by atoms with Crippen LogP contribution in [0.2, 0.25) is 0 Å². The zero-order valence-electron chi connectivity index (χ0n) is 13.5. The number of nitrogens with one attached hydrogen (secondary N) is 3. The molecule has 1 heterocycles. The Morgan fingerprint density at radius 2 is 1.74 bits per heavy atom. The normalized spacial score (nSPS) is 20.1. The van der Waals surface area contributed by atoms with E-state index in [-0.39, 0.29) is 17.0 Å². The third kappa shape index (κ3) is 5.93. The van der Waals surface area contributed by atoms with E-state index in [9.17, 15) is 13.2 Å². The first-order valence-corrected chi connectivity index (χ1v) is 9.59. The number of carbonyl (C=O) groups excluding carboxylic acids is 1. The van der Waals surface area contributed by atoms with E-state index in [0.717, 1.165) is 32.2 Å². The van der Waals surface area contributed by atoms with Gasteiger partial charge < -0.3 is 10.6 Å². The van der Waals surface area contributed by atoms with E-state index in [1.165, 1.54) is 31.9 Å². The fourth-order valence-electron chi connectivity index (χ4n) is 2.66. The van der Waals surface area contributed by atoms with Crippen LogP contribution in [0, 0.1) is 0 Å². The Bertz CT molecular complexity index is 604. The predicted molar refractivity (Wildman–Crippen MR) is 90.6 cm³/mol. The van der Waals surface area contributed by atoms with Gasteiger partial charge in [-0.3, -0.25) is 4.79 Å². The van der Waals surface area contributed by atoms with Gasteiger partial charge in [-0.1, -0.05) is 25.7 Å². The lowest BCUT2D eigenvalue weighted by molar-refractivity contribution is -0.114. The van der Waals surface area contributed by atoms with Crippen LogP contribution in [-0.2, 0) is 14.8 Å². The summed E-state index contributed by atoms with van der Waals surface area (Å²) in [6.45, 7) is 2.24. The number of benzene rings is 1. The van der Waals surface area contributed by atoms with Gasteiger partial charge in [0.05, 0.1) is 11.1 Å². The molecule has 6 nitrogen and oxygen atoms in total. The molecule has 0 radical (unpaired) electrons. The number of sulfonamides is 1. The molecule has 1 aromatic carbocycles. The largest absolute Gasteiger partial charge is 0.326 e. The number of carbonyl (C=O) groups is 1. The Hall–Kier alpha value is -1.44. The van der Waals surface area contributed by atoms with Crippen molar-refractivity contribution in [2.24, 2.45) is 0 Å². The lowest BCUT2D eigenvalue weighted by Crippen LogP contribution is -2.45. The zero-order chi connectivity index (χ0) is 16.7. The zero-order valence-corrected chi connectivity index (χ0v) is 14.3. The number of hydrogen-bond acceptors (Lipinski definition) is 4. The van der Waals surface area contributed by atoms with Gasteiger partial charge in [-0.05, 0) is 43.7 Å². The number of hydrogen-bond donors (Lipinski definition) is 3. The average molecular weight is 339 g/mol. The molecule has 3 N–H and O–H groups in total. The Morgan fingerprint density at radius 3 is 2.43 bits per heavy atom. The van der Waals surface area contributed by atoms with E-state index in [4.69, 9.17) is 0 Å². The first-order chi connectivity index (χ1) is 11.0. The van der Waals surface area contributed by atoms with Crippen molar-refractivity contribution in [3.05, 3.63) is 24.3 Å². The van der Waals surface area contributed by atoms with Gasteiger partial charge >= 0.3 is 0 Å². The Morgan fingerprint density at radius 1 is 1.09 bits per heavy atom. The van der Waals surface area contributed by atoms with Crippen LogP contribution in [-0.4, -0.2) is 27.0 Å². The van der Waals surface area contributed by atoms with Crippen molar-refractivity contribution in [2.45, 2.75) is 56.5 Å². The van der Waals surface area contributed by atoms with Gasteiger partial charge in [0.25, 0.3) is 0 Å². The van der Waals surface area contributed by atoms with Crippen molar-refractivity contribution >= 4 is 21.6 Å². The smallest absolute Gasteiger partial charge is 0.241 e. The molecule has 2 rings (SSSR count). The van der Waals surface area contributed by atoms with E-state index in [2.05, 4.69) is 15.4 Å². The molecule has 1 aliphatic heterocycles. The molecule has 128 valence electrons. The monoisotopic (exact) mass is 339 g/mol. The quantitative estimate of drug-likeness (QED) is 0.785. The highest BCUT2D eigenvalue weighted by molar-refractivity contribution is 7.89. The molecule has 23 heavy (non-hydrogen) atoms. The van der Waals surface area contributed by atoms with E-state index in [0.29, 0.717) is 5.69 Å². The average Bonchev–Trinajstić information content (AvgIpc) is 2.61. The fraction of sp³-hybridized carbons (Fsp3) is 0.562. The van der Waals surface area contributed by atoms with Crippen LogP contribution in [0.5, 0.6) is 0 Å². The lowest BCUT2D eigenvalue weighted by atomic mass is 10.1. The van der Waals surface area contributed by atoms with Gasteiger partial charge in [0.1, 0.15) is 0 Å². The SMILES string of the molecule is CC(=O)Nc1ccc(S(=O)(=O)N[C@@H]2CCCCCCCN2)cc1. The molecule has 7 heteroatoms. The molecule has 0 saturated carbocycles. The maximum atomic E-state index is 12.5. The summed E-state index contributed by atoms with van der Waals surface area (Å²) in [5, 5.41) is 5.90. The Balaban J connectivity index is 2.03. The first kappa shape index (κ1) is 17.9. The van der Waals surface area contributed by atoms with Gasteiger partial charge in [-0.2, -0.15) is 4.72 Å². The molecule has 1 aliphatic rings. The molecule has 1 amide bonds. The van der Waals surface area contributed by atoms with Crippen LogP contribution in [0.4, 0.5) is 5.69 Å². The lowest BCUT2D eigenvalue weighted by Gasteiger charge is -2.19. The molecule has 0 bridgehead atoms. The van der Waals surface area contributed by atoms with Gasteiger partial charge in [0.15, 0.2) is 0 Å². The van der Waals surface area contributed by atoms with E-state index in [1.807, 2.05) is 0 Å². The summed E-state index contributed by atoms with van der Waals surface area (Å²) in [6.07, 6.45) is 6.20. The summed E-state index contributed by atoms with van der Waals surface area (Å²) in [5.74, 6) is -0.187. The number of amides is 1. The Labute approximate surface area is 138 Å². The van der Waals surface area contributed by atoms with Gasteiger partial charge in [0.2, 0.25) is 15.9 Å². The van der Waals surface area contributed by atoms with Crippen molar-refractivity contribution in [1.29, 1.82) is 0 Å². The van der Waals surface area contributed by atoms with E-state index >= 15 is 0 Å². The maximum absolute atomic E-state index is 12.5. The van der Waals surface area contributed by atoms with Crippen LogP contribution >= 0.6 is 0 Å². The molecule has 1 atom stereocenters. The number of rotatable bonds is 4. The van der Waals surface area contributed by atoms with Gasteiger partial charge in [-0.25, -0.2) is 8.42 Å². The summed E-state index contributed by atoms with van der Waals surface area (Å²) in [6, 6.07) is 6.19. The molecular weight excluding hydrogens is 314 g/mol. The predicted octanol–water partition coefficient (Wildman–Crippen LogP) is 2.19. The van der Waals surface area contributed by atoms with Crippen LogP contribution in [0.15, 0.2) is 29.2 Å². The highest BCUT2D eigenvalue weighted by Gasteiger charge is 2.20. The van der Waals surface area contributed by atoms with Crippen LogP contribution < -0.4 is 15.4 Å². The van der Waals surface area contributed by atoms with E-state index < -0.39 is 10.0 Å². The van der Waals surface area contributed by atoms with Crippen molar-refractivity contribution in [3.63, 3.8) is 0 Å². The standard InChI is InChI=1S/C16H25N3O3S/c1-13(20)18-14-8-10-15(11-9-14)23(21,22)19-16-7-5-3-2-4-6-12-17-16/h8-11,16-17,19H,2-7,12H2,1H3,(H,18,20)/t16-/m1/s1. The summed E-state index contributed by atoms with van der Waals surface area (Å²) in [7, 11) is -3.57. The second kappa shape index (κ2) is 8.42. The minimum Gasteiger partial charge on any atom is -0.326 e. The minimum atomic E-state index is -3.57. The molecule has 1 saturated heterocycles. The maximum Gasteiger partial charge on any atom is 0.241 e. The highest BCUT2D eigenvalue weighted by Crippen LogP contribution is 2.16. The minimum absolute atomic E-state index is 0.187. The van der Waals surface area contributed by atoms with Crippen molar-refractivity contribution in [1.82, 2.24) is 10.0 Å². The molecule has 0 spiro atoms. The Kier molecular flexibility index (Phi) is 6.56. The van der Waals surface area contributed by atoms with Gasteiger partial charge in [-0.15, -0.1) is 0 Å². The second-order valence-electron chi connectivity index (χ2n) is 5.89. The summed E-state index contributed by atoms with van der Waals surface area (Å²) in [5.41, 5.74) is 0.581. The van der Waals surface area contributed by atoms with Crippen LogP contribution in [0.25, 0.3) is 0 Å². The molecule has 0 aliphatic carbocycles. The summed E-state index contributed by atoms with van der Waals surface area (Å²) < 4.78 is 27.7. The van der Waals surface area contributed by atoms with Crippen LogP contribution in [0.3, 0.4) is 0 Å². The van der Waals surface area contributed by atoms with E-state index in [1.54, 1.807) is 12.1 Å². The molecule has 0 unspecified atom stereocenters. The highest BCUT2D eigenvalue weighted by atomic mass is 32.2. The van der Waals surface area contributed by atoms with Crippen molar-refractivity contribution in [2.75, 3.05) is 11.9 Å². The van der Waals surface area contributed by atoms with Crippen molar-refractivity contribution < 1.29 is 13.2 Å². The fourth-order valence-corrected chi connectivity index (χ4v) is 3.86. The number of anilines is 1. The van der Waals surface area contributed by atoms with Crippen molar-refractivity contribution in [3.8, 4) is 0 Å². The van der Waals surface area contributed by atoms with Crippen LogP contribution in [0.1, 0.15) is 45.4 Å². The molecule has 1 aromatic rings. The third-order valence-corrected chi connectivity index (χ3v) is 5.33. The topological polar surface area (TPSA) is 87.3 Å². The molecular formula is C16H25N3O3S. The molecule has 0 aromatic heterocycles. The second-order valence-corrected chi connectivity index (χ2v) is 7.60. The van der Waals surface area contributed by atoms with Gasteiger partial charge in [0, 0.05) is 12.6 Å². The summed E-state index contributed by atoms with van der Waals surface area (Å²) in [4.78, 5) is 11.2. The third-order valence-electron chi connectivity index (χ3n) is 3.84. The first-order valence-electron chi connectivity index (χ1n) is 8.11. The molecule has 1 fully saturated rings.